The van der Waals surface area contributed by atoms with Gasteiger partial charge >= 0.3 is 18.2 Å². The number of aromatic nitrogens is 5. The van der Waals surface area contributed by atoms with Crippen LogP contribution in [-0.4, -0.2) is 69.5 Å². The van der Waals surface area contributed by atoms with Crippen LogP contribution in [0.4, 0.5) is 29.7 Å². The van der Waals surface area contributed by atoms with E-state index in [-0.39, 0.29) is 43.3 Å². The summed E-state index contributed by atoms with van der Waals surface area (Å²) in [7, 11) is 1.50. The summed E-state index contributed by atoms with van der Waals surface area (Å²) in [4.78, 5) is 36.7. The standard InChI is InChI=1S/C33H35F3N8O4/c1-20-26(22-15-38-31(46-2)39-16-22)12-13-28(41-20)44(32(45)40-14-21-6-4-3-5-7-21)24-10-8-23(9-11-24)42-30-37-17-27(33(34,35)36)29(43-30)48-25-18-47-19-25/h3-7,12-13,15-17,23-25H,8-11,14,18-19H2,1-2H3,(H,40,45)(H,37,42,43)/t23-,24-. The molecule has 2 amide bonds. The Hall–Kier alpha value is -5.05. The SMILES string of the molecule is COc1ncc(-c2ccc(N(C(=O)NCc3ccccc3)[C@H]3CC[C@H](Nc4ncc(C(F)(F)F)c(OC5COC5)n4)CC3)nc2C)cn1. The minimum Gasteiger partial charge on any atom is -0.469 e. The molecule has 0 radical (unpaired) electrons. The summed E-state index contributed by atoms with van der Waals surface area (Å²) >= 11 is 0. The molecule has 12 nitrogen and oxygen atoms in total. The lowest BCUT2D eigenvalue weighted by Crippen LogP contribution is -2.49. The number of hydrogen-bond acceptors (Lipinski definition) is 10. The fraction of sp³-hybridized carbons (Fsp3) is 0.394. The van der Waals surface area contributed by atoms with Crippen molar-refractivity contribution < 1.29 is 32.2 Å². The third-order valence-electron chi connectivity index (χ3n) is 8.29. The molecule has 0 bridgehead atoms. The highest BCUT2D eigenvalue weighted by Gasteiger charge is 2.38. The molecule has 48 heavy (non-hydrogen) atoms. The Bertz CT molecular complexity index is 1700. The third-order valence-corrected chi connectivity index (χ3v) is 8.29. The highest BCUT2D eigenvalue weighted by Crippen LogP contribution is 2.36. The molecule has 2 aliphatic rings. The van der Waals surface area contributed by atoms with Crippen molar-refractivity contribution >= 4 is 17.8 Å². The molecule has 252 valence electrons. The maximum atomic E-state index is 13.8. The van der Waals surface area contributed by atoms with Gasteiger partial charge in [-0.15, -0.1) is 0 Å². The molecule has 4 aromatic rings. The highest BCUT2D eigenvalue weighted by molar-refractivity contribution is 5.92. The number of urea groups is 1. The number of aryl methyl sites for hydroxylation is 1. The lowest BCUT2D eigenvalue weighted by atomic mass is 9.90. The van der Waals surface area contributed by atoms with Crippen molar-refractivity contribution in [2.24, 2.45) is 0 Å². The molecular weight excluding hydrogens is 629 g/mol. The van der Waals surface area contributed by atoms with Crippen LogP contribution in [0.15, 0.2) is 61.1 Å². The molecule has 2 N–H and O–H groups in total. The van der Waals surface area contributed by atoms with E-state index < -0.39 is 23.7 Å². The first-order chi connectivity index (χ1) is 23.2. The molecule has 6 rings (SSSR count). The van der Waals surface area contributed by atoms with E-state index in [4.69, 9.17) is 19.2 Å². The number of nitrogens with one attached hydrogen (secondary N) is 2. The van der Waals surface area contributed by atoms with Gasteiger partial charge < -0.3 is 24.8 Å². The maximum Gasteiger partial charge on any atom is 0.423 e. The molecule has 1 aromatic carbocycles. The fourth-order valence-corrected chi connectivity index (χ4v) is 5.68. The van der Waals surface area contributed by atoms with E-state index in [2.05, 4.69) is 30.6 Å². The number of halogens is 3. The van der Waals surface area contributed by atoms with Gasteiger partial charge in [0.2, 0.25) is 11.8 Å². The zero-order valence-corrected chi connectivity index (χ0v) is 26.4. The van der Waals surface area contributed by atoms with Gasteiger partial charge in [-0.2, -0.15) is 18.2 Å². The Balaban J connectivity index is 1.18. The number of rotatable bonds is 10. The number of ether oxygens (including phenoxy) is 3. The van der Waals surface area contributed by atoms with Crippen molar-refractivity contribution in [2.45, 2.75) is 63.5 Å². The number of methoxy groups -OCH3 is 1. The first kappa shape index (κ1) is 32.9. The number of amides is 2. The van der Waals surface area contributed by atoms with Crippen molar-refractivity contribution in [2.75, 3.05) is 30.5 Å². The average Bonchev–Trinajstić information content (AvgIpc) is 3.06. The minimum absolute atomic E-state index is 0.0505. The minimum atomic E-state index is -4.66. The van der Waals surface area contributed by atoms with E-state index in [1.54, 1.807) is 17.3 Å². The number of carbonyl (C=O) groups excluding carboxylic acids is 1. The monoisotopic (exact) mass is 664 g/mol. The van der Waals surface area contributed by atoms with Gasteiger partial charge in [0.05, 0.1) is 20.3 Å². The van der Waals surface area contributed by atoms with Crippen LogP contribution in [-0.2, 0) is 17.5 Å². The van der Waals surface area contributed by atoms with Gasteiger partial charge in [0.1, 0.15) is 17.5 Å². The lowest BCUT2D eigenvalue weighted by Gasteiger charge is -2.36. The number of benzene rings is 1. The summed E-state index contributed by atoms with van der Waals surface area (Å²) in [5, 5.41) is 6.21. The Kier molecular flexibility index (Phi) is 9.85. The molecule has 0 spiro atoms. The summed E-state index contributed by atoms with van der Waals surface area (Å²) in [5.74, 6) is 0.0318. The topological polar surface area (TPSA) is 137 Å². The van der Waals surface area contributed by atoms with Crippen molar-refractivity contribution in [1.82, 2.24) is 30.2 Å². The Labute approximate surface area is 275 Å². The molecular formula is C33H35F3N8O4. The van der Waals surface area contributed by atoms with Crippen LogP contribution in [0.2, 0.25) is 0 Å². The van der Waals surface area contributed by atoms with E-state index in [0.717, 1.165) is 22.9 Å². The van der Waals surface area contributed by atoms with E-state index in [9.17, 15) is 18.0 Å². The second-order valence-corrected chi connectivity index (χ2v) is 11.6. The number of alkyl halides is 3. The van der Waals surface area contributed by atoms with Gasteiger partial charge in [0.25, 0.3) is 0 Å². The molecule has 1 aliphatic heterocycles. The normalized spacial score (nSPS) is 18.0. The van der Waals surface area contributed by atoms with E-state index >= 15 is 0 Å². The van der Waals surface area contributed by atoms with Crippen molar-refractivity contribution in [3.05, 3.63) is 77.9 Å². The number of anilines is 2. The number of nitrogens with zero attached hydrogens (tertiary/aromatic N) is 6. The average molecular weight is 665 g/mol. The summed E-state index contributed by atoms with van der Waals surface area (Å²) < 4.78 is 56.3. The van der Waals surface area contributed by atoms with Crippen LogP contribution < -0.4 is 25.0 Å². The third kappa shape index (κ3) is 7.73. The Morgan fingerprint density at radius 1 is 0.979 bits per heavy atom. The summed E-state index contributed by atoms with van der Waals surface area (Å²) in [6.45, 7) is 2.62. The molecule has 0 atom stereocenters. The number of pyridine rings is 1. The van der Waals surface area contributed by atoms with Gasteiger partial charge in [-0.3, -0.25) is 4.90 Å². The van der Waals surface area contributed by atoms with Crippen molar-refractivity contribution in [3.8, 4) is 23.0 Å². The summed E-state index contributed by atoms with van der Waals surface area (Å²) in [6.07, 6.45) is 1.35. The van der Waals surface area contributed by atoms with Gasteiger partial charge in [-0.1, -0.05) is 30.3 Å². The van der Waals surface area contributed by atoms with Crippen molar-refractivity contribution in [3.63, 3.8) is 0 Å². The predicted octanol–water partition coefficient (Wildman–Crippen LogP) is 5.58. The van der Waals surface area contributed by atoms with Gasteiger partial charge in [0.15, 0.2) is 0 Å². The number of hydrogen-bond donors (Lipinski definition) is 2. The largest absolute Gasteiger partial charge is 0.469 e. The zero-order valence-electron chi connectivity index (χ0n) is 26.4. The first-order valence-electron chi connectivity index (χ1n) is 15.6. The zero-order chi connectivity index (χ0) is 33.7. The van der Waals surface area contributed by atoms with Crippen LogP contribution in [0.1, 0.15) is 42.5 Å². The molecule has 0 unspecified atom stereocenters. The van der Waals surface area contributed by atoms with Crippen LogP contribution in [0, 0.1) is 6.92 Å². The molecule has 3 aromatic heterocycles. The van der Waals surface area contributed by atoms with Crippen LogP contribution >= 0.6 is 0 Å². The Morgan fingerprint density at radius 2 is 1.71 bits per heavy atom. The lowest BCUT2D eigenvalue weighted by molar-refractivity contribution is -0.142. The quantitative estimate of drug-likeness (QED) is 0.221. The second kappa shape index (κ2) is 14.4. The van der Waals surface area contributed by atoms with E-state index in [1.165, 1.54) is 7.11 Å². The maximum absolute atomic E-state index is 13.8. The van der Waals surface area contributed by atoms with Crippen LogP contribution in [0.5, 0.6) is 11.9 Å². The molecule has 1 saturated heterocycles. The molecule has 1 saturated carbocycles. The molecule has 1 aliphatic carbocycles. The van der Waals surface area contributed by atoms with Gasteiger partial charge in [-0.25, -0.2) is 24.7 Å². The molecule has 15 heteroatoms. The van der Waals surface area contributed by atoms with Crippen molar-refractivity contribution in [1.29, 1.82) is 0 Å². The first-order valence-corrected chi connectivity index (χ1v) is 15.6. The molecule has 4 heterocycles. The smallest absolute Gasteiger partial charge is 0.423 e. The summed E-state index contributed by atoms with van der Waals surface area (Å²) in [5.41, 5.74) is 2.21. The van der Waals surface area contributed by atoms with E-state index in [1.807, 2.05) is 49.4 Å². The van der Waals surface area contributed by atoms with Crippen LogP contribution in [0.25, 0.3) is 11.1 Å². The highest BCUT2D eigenvalue weighted by atomic mass is 19.4. The van der Waals surface area contributed by atoms with Gasteiger partial charge in [0, 0.05) is 54.0 Å². The predicted molar refractivity (Wildman–Crippen MR) is 170 cm³/mol. The number of carbonyl (C=O) groups is 1. The van der Waals surface area contributed by atoms with E-state index in [0.29, 0.717) is 43.7 Å². The second-order valence-electron chi connectivity index (χ2n) is 11.6. The fourth-order valence-electron chi connectivity index (χ4n) is 5.68. The summed E-state index contributed by atoms with van der Waals surface area (Å²) in [6, 6.07) is 13.0. The van der Waals surface area contributed by atoms with Gasteiger partial charge in [-0.05, 0) is 50.3 Å². The molecule has 2 fully saturated rings. The Morgan fingerprint density at radius 3 is 2.33 bits per heavy atom. The van der Waals surface area contributed by atoms with Crippen LogP contribution in [0.3, 0.4) is 0 Å².